The van der Waals surface area contributed by atoms with Crippen LogP contribution in [0, 0.1) is 0 Å². The minimum Gasteiger partial charge on any atom is -0.469 e. The van der Waals surface area contributed by atoms with Gasteiger partial charge < -0.3 is 14.2 Å². The lowest BCUT2D eigenvalue weighted by molar-refractivity contribution is 0.230. The van der Waals surface area contributed by atoms with Crippen LogP contribution in [0.1, 0.15) is 41.1 Å². The van der Waals surface area contributed by atoms with Crippen LogP contribution < -0.4 is 9.64 Å². The van der Waals surface area contributed by atoms with E-state index >= 15 is 0 Å². The summed E-state index contributed by atoms with van der Waals surface area (Å²) in [5, 5.41) is 1.33. The Bertz CT molecular complexity index is 2570. The molecule has 1 aromatic heterocycles. The lowest BCUT2D eigenvalue weighted by Gasteiger charge is -2.28. The van der Waals surface area contributed by atoms with Gasteiger partial charge in [-0.1, -0.05) is 121 Å². The fourth-order valence-corrected chi connectivity index (χ4v) is 9.15. The summed E-state index contributed by atoms with van der Waals surface area (Å²) in [6.07, 6.45) is 11.1. The number of ether oxygens (including phenoxy) is 1. The third kappa shape index (κ3) is 4.37. The van der Waals surface area contributed by atoms with Gasteiger partial charge in [0.1, 0.15) is 5.75 Å². The highest BCUT2D eigenvalue weighted by Crippen LogP contribution is 2.54. The van der Waals surface area contributed by atoms with Gasteiger partial charge in [-0.05, 0) is 101 Å². The SMILES string of the molecule is C1=CC(N2c3ccccc3C3c4ccc(-c5ccc(-c6ccc7c(c6)CCc6c-7c7ccccc7n6-c6ccccc6)cc5)cc4OC32)=CCC1. The van der Waals surface area contributed by atoms with Crippen molar-refractivity contribution in [2.75, 3.05) is 4.90 Å². The number of rotatable bonds is 4. The van der Waals surface area contributed by atoms with Crippen molar-refractivity contribution in [3.8, 4) is 44.8 Å². The van der Waals surface area contributed by atoms with Crippen LogP contribution in [0.4, 0.5) is 5.69 Å². The molecule has 2 unspecified atom stereocenters. The van der Waals surface area contributed by atoms with Crippen LogP contribution in [-0.4, -0.2) is 10.8 Å². The van der Waals surface area contributed by atoms with E-state index < -0.39 is 0 Å². The summed E-state index contributed by atoms with van der Waals surface area (Å²) < 4.78 is 9.28. The first-order chi connectivity index (χ1) is 25.3. The number of nitrogens with zero attached hydrogens (tertiary/aromatic N) is 2. The van der Waals surface area contributed by atoms with E-state index in [0.717, 1.165) is 31.4 Å². The minimum absolute atomic E-state index is 0.0565. The molecule has 0 saturated heterocycles. The predicted octanol–water partition coefficient (Wildman–Crippen LogP) is 11.6. The molecule has 4 aliphatic rings. The monoisotopic (exact) mass is 656 g/mol. The maximum absolute atomic E-state index is 6.82. The second-order valence-electron chi connectivity index (χ2n) is 14.2. The number of hydrogen-bond donors (Lipinski definition) is 0. The molecule has 2 atom stereocenters. The summed E-state index contributed by atoms with van der Waals surface area (Å²) in [6.45, 7) is 0. The molecule has 3 heteroatoms. The summed E-state index contributed by atoms with van der Waals surface area (Å²) in [5.41, 5.74) is 18.1. The molecule has 6 aromatic carbocycles. The number of allylic oxidation sites excluding steroid dienone is 3. The van der Waals surface area contributed by atoms with E-state index in [9.17, 15) is 0 Å². The number of hydrogen-bond acceptors (Lipinski definition) is 2. The van der Waals surface area contributed by atoms with E-state index in [1.54, 1.807) is 0 Å². The van der Waals surface area contributed by atoms with Gasteiger partial charge in [0.15, 0.2) is 6.23 Å². The van der Waals surface area contributed by atoms with Gasteiger partial charge >= 0.3 is 0 Å². The van der Waals surface area contributed by atoms with Gasteiger partial charge in [-0.2, -0.15) is 0 Å². The van der Waals surface area contributed by atoms with Crippen LogP contribution in [0.5, 0.6) is 5.75 Å². The first kappa shape index (κ1) is 28.7. The Morgan fingerprint density at radius 1 is 0.608 bits per heavy atom. The lowest BCUT2D eigenvalue weighted by Crippen LogP contribution is -2.35. The molecule has 0 saturated carbocycles. The molecule has 2 aliphatic carbocycles. The van der Waals surface area contributed by atoms with E-state index in [2.05, 4.69) is 167 Å². The molecule has 0 fully saturated rings. The second-order valence-corrected chi connectivity index (χ2v) is 14.2. The molecule has 51 heavy (non-hydrogen) atoms. The van der Waals surface area contributed by atoms with Gasteiger partial charge in [0, 0.05) is 39.3 Å². The third-order valence-electron chi connectivity index (χ3n) is 11.5. The van der Waals surface area contributed by atoms with Crippen LogP contribution >= 0.6 is 0 Å². The standard InChI is InChI=1S/C48H36N2O/c1-3-11-36(12-4-1)49-42-17-9-7-15-39(42)46-38-26-23-33(29-35(38)25-28-44(46)49)31-19-21-32(22-20-31)34-24-27-41-45(30-34)51-48-47(41)40-16-8-10-18-43(40)50(48)37-13-5-2-6-14-37/h1,3-5,7-24,26-27,29-30,47-48H,2,6,25,28H2. The molecule has 2 aliphatic heterocycles. The van der Waals surface area contributed by atoms with Gasteiger partial charge in [-0.25, -0.2) is 0 Å². The number of aryl methyl sites for hydroxylation is 1. The van der Waals surface area contributed by atoms with Gasteiger partial charge in [-0.15, -0.1) is 0 Å². The highest BCUT2D eigenvalue weighted by molar-refractivity contribution is 6.01. The summed E-state index contributed by atoms with van der Waals surface area (Å²) in [7, 11) is 0. The lowest BCUT2D eigenvalue weighted by atomic mass is 9.86. The maximum Gasteiger partial charge on any atom is 0.187 e. The van der Waals surface area contributed by atoms with Crippen LogP contribution in [-0.2, 0) is 12.8 Å². The third-order valence-corrected chi connectivity index (χ3v) is 11.5. The largest absolute Gasteiger partial charge is 0.469 e. The maximum atomic E-state index is 6.82. The number of anilines is 1. The van der Waals surface area contributed by atoms with Crippen molar-refractivity contribution in [1.29, 1.82) is 0 Å². The Labute approximate surface area is 298 Å². The number of fused-ring (bicyclic) bond motifs is 10. The second kappa shape index (κ2) is 11.2. The van der Waals surface area contributed by atoms with Crippen molar-refractivity contribution in [2.24, 2.45) is 0 Å². The summed E-state index contributed by atoms with van der Waals surface area (Å²) in [4.78, 5) is 2.41. The van der Waals surface area contributed by atoms with Crippen LogP contribution in [0.2, 0.25) is 0 Å². The number of benzene rings is 6. The molecule has 0 N–H and O–H groups in total. The Morgan fingerprint density at radius 3 is 2.20 bits per heavy atom. The molecule has 244 valence electrons. The van der Waals surface area contributed by atoms with Gasteiger partial charge in [0.25, 0.3) is 0 Å². The van der Waals surface area contributed by atoms with Gasteiger partial charge in [-0.3, -0.25) is 0 Å². The molecular weight excluding hydrogens is 621 g/mol. The molecule has 0 radical (unpaired) electrons. The number of aromatic nitrogens is 1. The fraction of sp³-hybridized carbons (Fsp3) is 0.125. The van der Waals surface area contributed by atoms with E-state index in [0.29, 0.717) is 0 Å². The average molecular weight is 657 g/mol. The van der Waals surface area contributed by atoms with Gasteiger partial charge in [0.05, 0.1) is 11.4 Å². The van der Waals surface area contributed by atoms with Crippen molar-refractivity contribution in [1.82, 2.24) is 4.57 Å². The summed E-state index contributed by atoms with van der Waals surface area (Å²) >= 11 is 0. The van der Waals surface area contributed by atoms with Crippen LogP contribution in [0.25, 0.3) is 50.0 Å². The molecular formula is C48H36N2O. The predicted molar refractivity (Wildman–Crippen MR) is 209 cm³/mol. The van der Waals surface area contributed by atoms with Crippen molar-refractivity contribution in [3.05, 3.63) is 186 Å². The summed E-state index contributed by atoms with van der Waals surface area (Å²) in [6, 6.07) is 51.4. The average Bonchev–Trinajstić information content (AvgIpc) is 3.85. The highest BCUT2D eigenvalue weighted by Gasteiger charge is 2.47. The zero-order valence-corrected chi connectivity index (χ0v) is 28.3. The Kier molecular flexibility index (Phi) is 6.33. The molecule has 3 heterocycles. The molecule has 0 amide bonds. The first-order valence-corrected chi connectivity index (χ1v) is 18.3. The van der Waals surface area contributed by atoms with E-state index in [4.69, 9.17) is 4.74 Å². The summed E-state index contributed by atoms with van der Waals surface area (Å²) in [5.74, 6) is 1.20. The first-order valence-electron chi connectivity index (χ1n) is 18.3. The van der Waals surface area contributed by atoms with Crippen molar-refractivity contribution in [3.63, 3.8) is 0 Å². The molecule has 0 spiro atoms. The Balaban J connectivity index is 0.903. The fourth-order valence-electron chi connectivity index (χ4n) is 9.15. The van der Waals surface area contributed by atoms with Crippen molar-refractivity contribution in [2.45, 2.75) is 37.8 Å². The smallest absolute Gasteiger partial charge is 0.187 e. The zero-order chi connectivity index (χ0) is 33.5. The highest BCUT2D eigenvalue weighted by atomic mass is 16.5. The Morgan fingerprint density at radius 2 is 1.35 bits per heavy atom. The quantitative estimate of drug-likeness (QED) is 0.188. The molecule has 11 rings (SSSR count). The van der Waals surface area contributed by atoms with E-state index in [-0.39, 0.29) is 12.1 Å². The Hall–Kier alpha value is -6.06. The number of para-hydroxylation sites is 3. The van der Waals surface area contributed by atoms with Crippen molar-refractivity contribution >= 4 is 16.6 Å². The normalized spacial score (nSPS) is 18.0. The molecule has 7 aromatic rings. The zero-order valence-electron chi connectivity index (χ0n) is 28.3. The van der Waals surface area contributed by atoms with Gasteiger partial charge in [0.2, 0.25) is 0 Å². The van der Waals surface area contributed by atoms with Crippen molar-refractivity contribution < 1.29 is 4.74 Å². The van der Waals surface area contributed by atoms with E-state index in [1.807, 2.05) is 0 Å². The minimum atomic E-state index is -0.0565. The van der Waals surface area contributed by atoms with Crippen LogP contribution in [0.15, 0.2) is 163 Å². The van der Waals surface area contributed by atoms with E-state index in [1.165, 1.54) is 83.7 Å². The topological polar surface area (TPSA) is 17.4 Å². The molecule has 0 bridgehead atoms. The van der Waals surface area contributed by atoms with Crippen LogP contribution in [0.3, 0.4) is 0 Å². The molecule has 3 nitrogen and oxygen atoms in total.